The molecule has 9 nitrogen and oxygen atoms in total. The molecule has 3 aromatic rings. The minimum atomic E-state index is -0.298. The maximum atomic E-state index is 12.9. The highest BCUT2D eigenvalue weighted by atomic mass is 32.1. The third-order valence-corrected chi connectivity index (χ3v) is 6.68. The summed E-state index contributed by atoms with van der Waals surface area (Å²) in [4.78, 5) is 48.5. The number of anilines is 2. The zero-order valence-electron chi connectivity index (χ0n) is 19.0. The molecule has 4 rings (SSSR count). The third kappa shape index (κ3) is 5.39. The number of hydrogen-bond acceptors (Lipinski definition) is 7. The summed E-state index contributed by atoms with van der Waals surface area (Å²) in [5.74, 6) is -0.198. The lowest BCUT2D eigenvalue weighted by Crippen LogP contribution is -2.42. The summed E-state index contributed by atoms with van der Waals surface area (Å²) in [5.41, 5.74) is 1.88. The van der Waals surface area contributed by atoms with Gasteiger partial charge in [-0.05, 0) is 45.7 Å². The molecule has 0 unspecified atom stereocenters. The fourth-order valence-electron chi connectivity index (χ4n) is 3.81. The second kappa shape index (κ2) is 9.70. The number of nitrogens with zero attached hydrogens (tertiary/aromatic N) is 4. The SMILES string of the molecule is Cc1ccc(NC(=O)Cn2cnc3nc(N4CCC(C(=O)NC(C)C)CC4)sc3c2=O)cc1. The molecular formula is C23H28N6O3S. The highest BCUT2D eigenvalue weighted by Crippen LogP contribution is 2.29. The summed E-state index contributed by atoms with van der Waals surface area (Å²) < 4.78 is 1.73. The number of thiazole rings is 1. The molecule has 0 radical (unpaired) electrons. The van der Waals surface area contributed by atoms with Crippen LogP contribution >= 0.6 is 11.3 Å². The van der Waals surface area contributed by atoms with Gasteiger partial charge in [0, 0.05) is 30.7 Å². The van der Waals surface area contributed by atoms with Crippen LogP contribution in [0, 0.1) is 12.8 Å². The highest BCUT2D eigenvalue weighted by molar-refractivity contribution is 7.22. The van der Waals surface area contributed by atoms with Crippen molar-refractivity contribution in [1.29, 1.82) is 0 Å². The van der Waals surface area contributed by atoms with Gasteiger partial charge in [0.05, 0.1) is 0 Å². The summed E-state index contributed by atoms with van der Waals surface area (Å²) in [7, 11) is 0. The van der Waals surface area contributed by atoms with Crippen molar-refractivity contribution in [3.63, 3.8) is 0 Å². The van der Waals surface area contributed by atoms with Gasteiger partial charge in [-0.1, -0.05) is 29.0 Å². The number of piperidine rings is 1. The zero-order valence-corrected chi connectivity index (χ0v) is 19.8. The van der Waals surface area contributed by atoms with Crippen LogP contribution in [0.1, 0.15) is 32.3 Å². The van der Waals surface area contributed by atoms with E-state index in [2.05, 4.69) is 25.5 Å². The van der Waals surface area contributed by atoms with Crippen molar-refractivity contribution in [2.45, 2.75) is 46.2 Å². The molecular weight excluding hydrogens is 440 g/mol. The topological polar surface area (TPSA) is 109 Å². The predicted octanol–water partition coefficient (Wildman–Crippen LogP) is 2.54. The molecule has 0 spiro atoms. The number of fused-ring (bicyclic) bond motifs is 1. The van der Waals surface area contributed by atoms with Crippen LogP contribution < -0.4 is 21.1 Å². The third-order valence-electron chi connectivity index (χ3n) is 5.59. The van der Waals surface area contributed by atoms with Crippen molar-refractivity contribution < 1.29 is 9.59 Å². The van der Waals surface area contributed by atoms with Crippen LogP contribution in [-0.4, -0.2) is 45.5 Å². The first kappa shape index (κ1) is 22.9. The Balaban J connectivity index is 1.43. The van der Waals surface area contributed by atoms with Gasteiger partial charge in [-0.3, -0.25) is 19.0 Å². The van der Waals surface area contributed by atoms with Crippen molar-refractivity contribution in [2.75, 3.05) is 23.3 Å². The van der Waals surface area contributed by atoms with Crippen LogP contribution in [-0.2, 0) is 16.1 Å². The van der Waals surface area contributed by atoms with Crippen LogP contribution in [0.5, 0.6) is 0 Å². The highest BCUT2D eigenvalue weighted by Gasteiger charge is 2.27. The van der Waals surface area contributed by atoms with Crippen molar-refractivity contribution in [3.8, 4) is 0 Å². The maximum absolute atomic E-state index is 12.9. The Labute approximate surface area is 195 Å². The van der Waals surface area contributed by atoms with Gasteiger partial charge in [0.1, 0.15) is 17.6 Å². The van der Waals surface area contributed by atoms with E-state index in [-0.39, 0.29) is 35.9 Å². The lowest BCUT2D eigenvalue weighted by atomic mass is 9.96. The molecule has 3 heterocycles. The number of amides is 2. The molecule has 174 valence electrons. The Kier molecular flexibility index (Phi) is 6.73. The molecule has 2 amide bonds. The molecule has 2 aromatic heterocycles. The van der Waals surface area contributed by atoms with E-state index in [0.717, 1.165) is 23.5 Å². The Hall–Kier alpha value is -3.27. The summed E-state index contributed by atoms with van der Waals surface area (Å²) in [6.45, 7) is 7.16. The maximum Gasteiger partial charge on any atom is 0.273 e. The molecule has 1 aliphatic rings. The molecule has 0 saturated carbocycles. The lowest BCUT2D eigenvalue weighted by Gasteiger charge is -2.31. The summed E-state index contributed by atoms with van der Waals surface area (Å²) >= 11 is 1.28. The van der Waals surface area contributed by atoms with Crippen LogP contribution in [0.4, 0.5) is 10.8 Å². The minimum Gasteiger partial charge on any atom is -0.354 e. The number of carbonyl (C=O) groups is 2. The van der Waals surface area contributed by atoms with E-state index in [0.29, 0.717) is 29.1 Å². The van der Waals surface area contributed by atoms with Crippen LogP contribution in [0.2, 0.25) is 0 Å². The molecule has 0 aliphatic carbocycles. The molecule has 0 atom stereocenters. The summed E-state index contributed by atoms with van der Waals surface area (Å²) in [6, 6.07) is 7.60. The van der Waals surface area contributed by atoms with E-state index in [1.165, 1.54) is 22.2 Å². The largest absolute Gasteiger partial charge is 0.354 e. The number of nitrogens with one attached hydrogen (secondary N) is 2. The Bertz CT molecular complexity index is 1210. The van der Waals surface area contributed by atoms with Gasteiger partial charge in [0.2, 0.25) is 11.8 Å². The standard InChI is InChI=1S/C23H28N6O3S/c1-14(2)25-21(31)16-8-10-28(11-9-16)23-27-20-19(33-23)22(32)29(13-24-20)12-18(30)26-17-6-4-15(3)5-7-17/h4-7,13-14,16H,8-12H2,1-3H3,(H,25,31)(H,26,30). The molecule has 1 aromatic carbocycles. The van der Waals surface area contributed by atoms with E-state index >= 15 is 0 Å². The minimum absolute atomic E-state index is 0.000392. The monoisotopic (exact) mass is 468 g/mol. The first-order valence-corrected chi connectivity index (χ1v) is 11.9. The Morgan fingerprint density at radius 3 is 2.55 bits per heavy atom. The second-order valence-corrected chi connectivity index (χ2v) is 9.64. The molecule has 1 saturated heterocycles. The van der Waals surface area contributed by atoms with Gasteiger partial charge in [0.25, 0.3) is 5.56 Å². The fourth-order valence-corrected chi connectivity index (χ4v) is 4.83. The van der Waals surface area contributed by atoms with Gasteiger partial charge in [-0.2, -0.15) is 4.98 Å². The van der Waals surface area contributed by atoms with E-state index in [4.69, 9.17) is 0 Å². The summed E-state index contributed by atoms with van der Waals surface area (Å²) in [6.07, 6.45) is 2.85. The molecule has 2 N–H and O–H groups in total. The van der Waals surface area contributed by atoms with Gasteiger partial charge in [0.15, 0.2) is 10.8 Å². The lowest BCUT2D eigenvalue weighted by molar-refractivity contribution is -0.126. The molecule has 0 bridgehead atoms. The van der Waals surface area contributed by atoms with Crippen molar-refractivity contribution in [1.82, 2.24) is 19.9 Å². The number of carbonyl (C=O) groups excluding carboxylic acids is 2. The number of aromatic nitrogens is 3. The van der Waals surface area contributed by atoms with E-state index in [1.807, 2.05) is 45.0 Å². The Morgan fingerprint density at radius 2 is 1.88 bits per heavy atom. The average Bonchev–Trinajstić information content (AvgIpc) is 3.22. The second-order valence-electron chi connectivity index (χ2n) is 8.67. The van der Waals surface area contributed by atoms with Crippen molar-refractivity contribution in [2.24, 2.45) is 5.92 Å². The smallest absolute Gasteiger partial charge is 0.273 e. The molecule has 1 aliphatic heterocycles. The summed E-state index contributed by atoms with van der Waals surface area (Å²) in [5, 5.41) is 6.49. The van der Waals surface area contributed by atoms with Crippen molar-refractivity contribution in [3.05, 3.63) is 46.5 Å². The normalized spacial score (nSPS) is 14.6. The van der Waals surface area contributed by atoms with E-state index in [9.17, 15) is 14.4 Å². The Morgan fingerprint density at radius 1 is 1.18 bits per heavy atom. The van der Waals surface area contributed by atoms with Gasteiger partial charge < -0.3 is 15.5 Å². The van der Waals surface area contributed by atoms with Crippen LogP contribution in [0.3, 0.4) is 0 Å². The molecule has 33 heavy (non-hydrogen) atoms. The fraction of sp³-hybridized carbons (Fsp3) is 0.435. The number of aryl methyl sites for hydroxylation is 1. The van der Waals surface area contributed by atoms with E-state index < -0.39 is 0 Å². The van der Waals surface area contributed by atoms with Crippen LogP contribution in [0.15, 0.2) is 35.4 Å². The first-order valence-electron chi connectivity index (χ1n) is 11.1. The van der Waals surface area contributed by atoms with E-state index in [1.54, 1.807) is 0 Å². The van der Waals surface area contributed by atoms with Crippen LogP contribution in [0.25, 0.3) is 10.3 Å². The average molecular weight is 469 g/mol. The quantitative estimate of drug-likeness (QED) is 0.575. The number of rotatable bonds is 6. The number of benzene rings is 1. The van der Waals surface area contributed by atoms with Gasteiger partial charge in [-0.15, -0.1) is 0 Å². The molecule has 10 heteroatoms. The zero-order chi connectivity index (χ0) is 23.5. The van der Waals surface area contributed by atoms with Crippen molar-refractivity contribution >= 4 is 44.3 Å². The first-order chi connectivity index (χ1) is 15.8. The van der Waals surface area contributed by atoms with Gasteiger partial charge in [-0.25, -0.2) is 4.98 Å². The number of hydrogen-bond donors (Lipinski definition) is 2. The predicted molar refractivity (Wildman–Crippen MR) is 130 cm³/mol. The van der Waals surface area contributed by atoms with Gasteiger partial charge >= 0.3 is 0 Å². The molecule has 1 fully saturated rings.